The average Bonchev–Trinajstić information content (AvgIpc) is 3.32. The van der Waals surface area contributed by atoms with Crippen molar-refractivity contribution >= 4 is 23.4 Å². The molecule has 0 bridgehead atoms. The van der Waals surface area contributed by atoms with E-state index in [-0.39, 0.29) is 11.1 Å². The third kappa shape index (κ3) is 4.81. The zero-order chi connectivity index (χ0) is 26.0. The van der Waals surface area contributed by atoms with Crippen molar-refractivity contribution in [2.45, 2.75) is 24.9 Å². The lowest BCUT2D eigenvalue weighted by Gasteiger charge is -2.17. The summed E-state index contributed by atoms with van der Waals surface area (Å²) >= 11 is 0.879. The van der Waals surface area contributed by atoms with Gasteiger partial charge in [-0.25, -0.2) is 22.0 Å². The van der Waals surface area contributed by atoms with E-state index >= 15 is 0 Å². The molecule has 186 valence electrons. The number of hydrogen-bond donors (Lipinski definition) is 1. The molecule has 12 heteroatoms. The predicted molar refractivity (Wildman–Crippen MR) is 124 cm³/mol. The highest BCUT2D eigenvalue weighted by Crippen LogP contribution is 2.32. The first-order valence-electron chi connectivity index (χ1n) is 10.6. The summed E-state index contributed by atoms with van der Waals surface area (Å²) in [6, 6.07) is 11.0. The maximum Gasteiger partial charge on any atom is 0.235 e. The minimum absolute atomic E-state index is 0.126. The van der Waals surface area contributed by atoms with Gasteiger partial charge in [0.15, 0.2) is 34.2 Å². The van der Waals surface area contributed by atoms with E-state index in [0.717, 1.165) is 23.0 Å². The molecule has 0 unspecified atom stereocenters. The second-order valence-corrected chi connectivity index (χ2v) is 8.82. The third-order valence-corrected chi connectivity index (χ3v) is 6.09. The topological polar surface area (TPSA) is 72.7 Å². The van der Waals surface area contributed by atoms with E-state index < -0.39 is 46.4 Å². The van der Waals surface area contributed by atoms with Crippen molar-refractivity contribution in [3.63, 3.8) is 0 Å². The van der Waals surface area contributed by atoms with Gasteiger partial charge in [0.25, 0.3) is 0 Å². The number of carbonyl (C=O) groups is 1. The van der Waals surface area contributed by atoms with Gasteiger partial charge in [-0.3, -0.25) is 14.3 Å². The van der Waals surface area contributed by atoms with E-state index in [4.69, 9.17) is 0 Å². The number of thioether (sulfide) groups is 1. The van der Waals surface area contributed by atoms with Crippen LogP contribution >= 0.6 is 11.8 Å². The number of amides is 1. The number of carbonyl (C=O) groups excluding carboxylic acids is 1. The molecule has 36 heavy (non-hydrogen) atoms. The van der Waals surface area contributed by atoms with E-state index in [1.54, 1.807) is 34.4 Å². The van der Waals surface area contributed by atoms with Crippen LogP contribution in [0.25, 0.3) is 17.1 Å². The summed E-state index contributed by atoms with van der Waals surface area (Å²) in [6.45, 7) is 4.02. The van der Waals surface area contributed by atoms with Crippen molar-refractivity contribution in [2.24, 2.45) is 0 Å². The molecule has 0 fully saturated rings. The summed E-state index contributed by atoms with van der Waals surface area (Å²) in [6.07, 6.45) is 3.20. The number of nitrogens with one attached hydrogen (secondary N) is 1. The molecule has 2 aromatic carbocycles. The number of hydrogen-bond acceptors (Lipinski definition) is 5. The highest BCUT2D eigenvalue weighted by molar-refractivity contribution is 7.99. The number of nitrogens with zero attached hydrogens (tertiary/aromatic N) is 4. The van der Waals surface area contributed by atoms with Gasteiger partial charge in [0.1, 0.15) is 5.69 Å². The zero-order valence-electron chi connectivity index (χ0n) is 18.9. The standard InChI is InChI=1S/C24H18F5N5OS/c1-12(2)14-7-3-4-8-15(14)34-23(13-6-5-9-30-10-13)32-33-24(34)36-11-16(35)31-22-20(28)18(26)17(25)19(27)21(22)29/h3-10,12H,11H2,1-2H3,(H,31,35). The Bertz CT molecular complexity index is 1400. The Morgan fingerprint density at radius 1 is 0.944 bits per heavy atom. The number of aromatic nitrogens is 4. The van der Waals surface area contributed by atoms with E-state index in [0.29, 0.717) is 11.4 Å². The third-order valence-electron chi connectivity index (χ3n) is 5.16. The first kappa shape index (κ1) is 25.3. The second-order valence-electron chi connectivity index (χ2n) is 7.88. The summed E-state index contributed by atoms with van der Waals surface area (Å²) in [5.41, 5.74) is 0.954. The van der Waals surface area contributed by atoms with Crippen LogP contribution in [0.15, 0.2) is 53.9 Å². The van der Waals surface area contributed by atoms with Crippen molar-refractivity contribution < 1.29 is 26.7 Å². The molecule has 2 heterocycles. The molecule has 4 rings (SSSR count). The summed E-state index contributed by atoms with van der Waals surface area (Å²) < 4.78 is 69.8. The molecule has 4 aromatic rings. The molecule has 2 aromatic heterocycles. The van der Waals surface area contributed by atoms with Crippen molar-refractivity contribution in [1.82, 2.24) is 19.7 Å². The lowest BCUT2D eigenvalue weighted by molar-refractivity contribution is -0.113. The second kappa shape index (κ2) is 10.4. The number of pyridine rings is 1. The van der Waals surface area contributed by atoms with Gasteiger partial charge in [-0.2, -0.15) is 0 Å². The Balaban J connectivity index is 1.67. The molecule has 0 radical (unpaired) electrons. The first-order chi connectivity index (χ1) is 17.2. The van der Waals surface area contributed by atoms with Crippen LogP contribution in [0.1, 0.15) is 25.3 Å². The average molecular weight is 519 g/mol. The fourth-order valence-electron chi connectivity index (χ4n) is 3.46. The minimum Gasteiger partial charge on any atom is -0.320 e. The van der Waals surface area contributed by atoms with Crippen molar-refractivity contribution in [3.8, 4) is 17.1 Å². The largest absolute Gasteiger partial charge is 0.320 e. The van der Waals surface area contributed by atoms with Gasteiger partial charge < -0.3 is 5.32 Å². The van der Waals surface area contributed by atoms with E-state index in [2.05, 4.69) is 15.2 Å². The predicted octanol–water partition coefficient (Wildman–Crippen LogP) is 5.88. The Hall–Kier alpha value is -3.80. The smallest absolute Gasteiger partial charge is 0.235 e. The van der Waals surface area contributed by atoms with Gasteiger partial charge in [-0.05, 0) is 29.7 Å². The number of para-hydroxylation sites is 1. The van der Waals surface area contributed by atoms with Gasteiger partial charge in [0.2, 0.25) is 11.7 Å². The Morgan fingerprint density at radius 2 is 1.61 bits per heavy atom. The molecule has 0 aliphatic heterocycles. The summed E-state index contributed by atoms with van der Waals surface area (Å²) in [4.78, 5) is 16.5. The Morgan fingerprint density at radius 3 is 2.25 bits per heavy atom. The van der Waals surface area contributed by atoms with E-state index in [1.807, 2.05) is 38.1 Å². The van der Waals surface area contributed by atoms with Gasteiger partial charge in [-0.1, -0.05) is 43.8 Å². The Kier molecular flexibility index (Phi) is 7.34. The lowest BCUT2D eigenvalue weighted by Crippen LogP contribution is -2.19. The van der Waals surface area contributed by atoms with E-state index in [9.17, 15) is 26.7 Å². The zero-order valence-corrected chi connectivity index (χ0v) is 19.7. The van der Waals surface area contributed by atoms with Crippen LogP contribution in [0, 0.1) is 29.1 Å². The van der Waals surface area contributed by atoms with Gasteiger partial charge in [-0.15, -0.1) is 10.2 Å². The number of benzene rings is 2. The van der Waals surface area contributed by atoms with Crippen molar-refractivity contribution in [3.05, 3.63) is 83.4 Å². The maximum absolute atomic E-state index is 13.9. The highest BCUT2D eigenvalue weighted by atomic mass is 32.2. The normalized spacial score (nSPS) is 11.2. The monoisotopic (exact) mass is 519 g/mol. The molecule has 0 saturated carbocycles. The first-order valence-corrected chi connectivity index (χ1v) is 11.6. The molecule has 0 aliphatic carbocycles. The molecule has 1 N–H and O–H groups in total. The van der Waals surface area contributed by atoms with Crippen molar-refractivity contribution in [1.29, 1.82) is 0 Å². The van der Waals surface area contributed by atoms with E-state index in [1.165, 1.54) is 0 Å². The summed E-state index contributed by atoms with van der Waals surface area (Å²) in [7, 11) is 0. The summed E-state index contributed by atoms with van der Waals surface area (Å²) in [5, 5.41) is 10.5. The molecule has 0 atom stereocenters. The molecule has 0 saturated heterocycles. The van der Waals surface area contributed by atoms with Crippen LogP contribution in [0.3, 0.4) is 0 Å². The molecular weight excluding hydrogens is 501 g/mol. The van der Waals surface area contributed by atoms with Crippen LogP contribution in [0.4, 0.5) is 27.6 Å². The Labute approximate surface area is 206 Å². The van der Waals surface area contributed by atoms with Crippen LogP contribution in [0.2, 0.25) is 0 Å². The quantitative estimate of drug-likeness (QED) is 0.143. The minimum atomic E-state index is -2.31. The SMILES string of the molecule is CC(C)c1ccccc1-n1c(SCC(=O)Nc2c(F)c(F)c(F)c(F)c2F)nnc1-c1cccnc1. The van der Waals surface area contributed by atoms with Crippen LogP contribution < -0.4 is 5.32 Å². The molecule has 0 aliphatic rings. The van der Waals surface area contributed by atoms with Gasteiger partial charge in [0, 0.05) is 18.0 Å². The molecule has 1 amide bonds. The van der Waals surface area contributed by atoms with Crippen LogP contribution in [0.5, 0.6) is 0 Å². The number of halogens is 5. The van der Waals surface area contributed by atoms with Gasteiger partial charge >= 0.3 is 0 Å². The van der Waals surface area contributed by atoms with Gasteiger partial charge in [0.05, 0.1) is 11.4 Å². The lowest BCUT2D eigenvalue weighted by atomic mass is 10.0. The number of rotatable bonds is 7. The molecule has 0 spiro atoms. The fourth-order valence-corrected chi connectivity index (χ4v) is 4.21. The van der Waals surface area contributed by atoms with Crippen molar-refractivity contribution in [2.75, 3.05) is 11.1 Å². The number of anilines is 1. The molecular formula is C24H18F5N5OS. The maximum atomic E-state index is 13.9. The molecule has 6 nitrogen and oxygen atoms in total. The van der Waals surface area contributed by atoms with Crippen LogP contribution in [-0.4, -0.2) is 31.4 Å². The van der Waals surface area contributed by atoms with Crippen LogP contribution in [-0.2, 0) is 4.79 Å². The fraction of sp³-hybridized carbons (Fsp3) is 0.167. The summed E-state index contributed by atoms with van der Waals surface area (Å²) in [5.74, 6) is -11.7. The highest BCUT2D eigenvalue weighted by Gasteiger charge is 2.27.